The molecule has 20 heavy (non-hydrogen) atoms. The first-order valence-corrected chi connectivity index (χ1v) is 7.72. The largest absolute Gasteiger partial charge is 0.312 e. The molecule has 1 aromatic rings. The highest BCUT2D eigenvalue weighted by atomic mass is 35.5. The molecule has 1 rings (SSSR count). The van der Waals surface area contributed by atoms with E-state index in [1.165, 1.54) is 6.07 Å². The van der Waals surface area contributed by atoms with Crippen LogP contribution in [0.15, 0.2) is 18.2 Å². The van der Waals surface area contributed by atoms with Crippen molar-refractivity contribution >= 4 is 11.6 Å². The molecule has 1 N–H and O–H groups in total. The molecule has 1 unspecified atom stereocenters. The Hall–Kier alpha value is -0.600. The molecular formula is C17H27ClFN. The van der Waals surface area contributed by atoms with E-state index >= 15 is 0 Å². The Kier molecular flexibility index (Phi) is 6.03. The van der Waals surface area contributed by atoms with E-state index in [1.807, 2.05) is 6.07 Å². The fourth-order valence-electron chi connectivity index (χ4n) is 2.45. The molecule has 0 saturated heterocycles. The monoisotopic (exact) mass is 299 g/mol. The minimum Gasteiger partial charge on any atom is -0.312 e. The summed E-state index contributed by atoms with van der Waals surface area (Å²) in [4.78, 5) is 0. The maximum atomic E-state index is 14.0. The van der Waals surface area contributed by atoms with Crippen LogP contribution in [-0.4, -0.2) is 12.1 Å². The van der Waals surface area contributed by atoms with Crippen molar-refractivity contribution in [1.82, 2.24) is 5.32 Å². The molecule has 0 radical (unpaired) electrons. The lowest BCUT2D eigenvalue weighted by Crippen LogP contribution is -2.43. The van der Waals surface area contributed by atoms with Gasteiger partial charge < -0.3 is 5.32 Å². The summed E-state index contributed by atoms with van der Waals surface area (Å²) in [5.74, 6) is -0.199. The van der Waals surface area contributed by atoms with E-state index in [9.17, 15) is 4.39 Å². The average molecular weight is 300 g/mol. The average Bonchev–Trinajstić information content (AvgIpc) is 2.30. The number of rotatable bonds is 6. The summed E-state index contributed by atoms with van der Waals surface area (Å²) >= 11 is 5.82. The van der Waals surface area contributed by atoms with Crippen molar-refractivity contribution in [3.05, 3.63) is 34.6 Å². The van der Waals surface area contributed by atoms with Crippen molar-refractivity contribution in [2.24, 2.45) is 5.41 Å². The molecular weight excluding hydrogens is 273 g/mol. The first kappa shape index (κ1) is 17.5. The second kappa shape index (κ2) is 6.91. The molecule has 0 heterocycles. The predicted molar refractivity (Wildman–Crippen MR) is 85.9 cm³/mol. The van der Waals surface area contributed by atoms with Crippen LogP contribution in [0.4, 0.5) is 4.39 Å². The Morgan fingerprint density at radius 3 is 2.35 bits per heavy atom. The Morgan fingerprint density at radius 1 is 1.20 bits per heavy atom. The summed E-state index contributed by atoms with van der Waals surface area (Å²) in [7, 11) is 0. The zero-order chi connectivity index (χ0) is 15.4. The van der Waals surface area contributed by atoms with Crippen LogP contribution in [0.1, 0.15) is 53.0 Å². The number of hydrogen-bond donors (Lipinski definition) is 1. The minimum absolute atomic E-state index is 0.0523. The Morgan fingerprint density at radius 2 is 1.85 bits per heavy atom. The summed E-state index contributed by atoms with van der Waals surface area (Å²) in [5, 5.41) is 4.00. The van der Waals surface area contributed by atoms with Crippen LogP contribution in [0.25, 0.3) is 0 Å². The summed E-state index contributed by atoms with van der Waals surface area (Å²) in [6.45, 7) is 11.7. The molecule has 114 valence electrons. The van der Waals surface area contributed by atoms with Crippen molar-refractivity contribution < 1.29 is 4.39 Å². The highest BCUT2D eigenvalue weighted by Gasteiger charge is 2.26. The van der Waals surface area contributed by atoms with Gasteiger partial charge in [-0.15, -0.1) is 0 Å². The number of benzene rings is 1. The standard InChI is InChI=1S/C17H27ClFN/c1-6-9-17(5,12-20-16(2,3)4)11-13-7-8-14(18)10-15(13)19/h7-8,10,20H,6,9,11-12H2,1-5H3. The Bertz CT molecular complexity index is 439. The molecule has 0 aliphatic rings. The number of nitrogens with one attached hydrogen (secondary N) is 1. The molecule has 0 aliphatic carbocycles. The topological polar surface area (TPSA) is 12.0 Å². The molecule has 0 amide bonds. The van der Waals surface area contributed by atoms with E-state index in [0.29, 0.717) is 5.02 Å². The molecule has 0 aliphatic heterocycles. The molecule has 0 saturated carbocycles. The maximum absolute atomic E-state index is 14.0. The number of halogens is 2. The molecule has 1 nitrogen and oxygen atoms in total. The molecule has 0 spiro atoms. The fraction of sp³-hybridized carbons (Fsp3) is 0.647. The minimum atomic E-state index is -0.199. The van der Waals surface area contributed by atoms with Gasteiger partial charge in [-0.3, -0.25) is 0 Å². The molecule has 0 aromatic heterocycles. The van der Waals surface area contributed by atoms with E-state index in [-0.39, 0.29) is 16.8 Å². The lowest BCUT2D eigenvalue weighted by atomic mass is 9.79. The third-order valence-corrected chi connectivity index (χ3v) is 3.77. The molecule has 0 fully saturated rings. The third-order valence-electron chi connectivity index (χ3n) is 3.53. The Labute approximate surface area is 127 Å². The normalized spacial score (nSPS) is 15.2. The molecule has 1 atom stereocenters. The van der Waals surface area contributed by atoms with Crippen molar-refractivity contribution in [3.8, 4) is 0 Å². The summed E-state index contributed by atoms with van der Waals surface area (Å²) < 4.78 is 14.0. The van der Waals surface area contributed by atoms with Gasteiger partial charge in [0.1, 0.15) is 5.82 Å². The van der Waals surface area contributed by atoms with E-state index in [1.54, 1.807) is 6.07 Å². The van der Waals surface area contributed by atoms with Crippen LogP contribution in [-0.2, 0) is 6.42 Å². The van der Waals surface area contributed by atoms with Gasteiger partial charge in [0.05, 0.1) is 0 Å². The molecule has 0 bridgehead atoms. The third kappa shape index (κ3) is 5.80. The number of hydrogen-bond acceptors (Lipinski definition) is 1. The van der Waals surface area contributed by atoms with Gasteiger partial charge in [-0.25, -0.2) is 4.39 Å². The van der Waals surface area contributed by atoms with Gasteiger partial charge in [-0.1, -0.05) is 37.9 Å². The fourth-order valence-corrected chi connectivity index (χ4v) is 2.61. The van der Waals surface area contributed by atoms with Gasteiger partial charge in [0.2, 0.25) is 0 Å². The van der Waals surface area contributed by atoms with Crippen LogP contribution in [0.5, 0.6) is 0 Å². The van der Waals surface area contributed by atoms with Crippen LogP contribution < -0.4 is 5.32 Å². The van der Waals surface area contributed by atoms with Gasteiger partial charge >= 0.3 is 0 Å². The van der Waals surface area contributed by atoms with Crippen molar-refractivity contribution in [2.75, 3.05) is 6.54 Å². The second-order valence-corrected chi connectivity index (χ2v) is 7.51. The smallest absolute Gasteiger partial charge is 0.127 e. The zero-order valence-corrected chi connectivity index (χ0v) is 14.1. The summed E-state index contributed by atoms with van der Waals surface area (Å²) in [6, 6.07) is 4.98. The van der Waals surface area contributed by atoms with E-state index in [0.717, 1.165) is 31.4 Å². The lowest BCUT2D eigenvalue weighted by molar-refractivity contribution is 0.241. The van der Waals surface area contributed by atoms with Gasteiger partial charge in [0, 0.05) is 17.1 Å². The van der Waals surface area contributed by atoms with Crippen LogP contribution in [0.3, 0.4) is 0 Å². The highest BCUT2D eigenvalue weighted by Crippen LogP contribution is 2.30. The molecule has 3 heteroatoms. The Balaban J connectivity index is 2.84. The molecule has 1 aromatic carbocycles. The van der Waals surface area contributed by atoms with Crippen LogP contribution in [0.2, 0.25) is 5.02 Å². The van der Waals surface area contributed by atoms with E-state index < -0.39 is 0 Å². The SMILES string of the molecule is CCCC(C)(CNC(C)(C)C)Cc1ccc(Cl)cc1F. The first-order chi connectivity index (χ1) is 9.15. The predicted octanol–water partition coefficient (Wildman–Crippen LogP) is 5.22. The van der Waals surface area contributed by atoms with Crippen LogP contribution in [0, 0.1) is 11.2 Å². The summed E-state index contributed by atoms with van der Waals surface area (Å²) in [6.07, 6.45) is 2.89. The lowest BCUT2D eigenvalue weighted by Gasteiger charge is -2.34. The van der Waals surface area contributed by atoms with Gasteiger partial charge in [0.15, 0.2) is 0 Å². The second-order valence-electron chi connectivity index (χ2n) is 7.08. The highest BCUT2D eigenvalue weighted by molar-refractivity contribution is 6.30. The quantitative estimate of drug-likeness (QED) is 0.759. The van der Waals surface area contributed by atoms with E-state index in [2.05, 4.69) is 39.9 Å². The zero-order valence-electron chi connectivity index (χ0n) is 13.3. The van der Waals surface area contributed by atoms with Crippen molar-refractivity contribution in [2.45, 2.75) is 59.4 Å². The van der Waals surface area contributed by atoms with Crippen molar-refractivity contribution in [1.29, 1.82) is 0 Å². The van der Waals surface area contributed by atoms with Gasteiger partial charge in [-0.2, -0.15) is 0 Å². The summed E-state index contributed by atoms with van der Waals surface area (Å²) in [5.41, 5.74) is 0.880. The van der Waals surface area contributed by atoms with Gasteiger partial charge in [-0.05, 0) is 56.7 Å². The first-order valence-electron chi connectivity index (χ1n) is 7.34. The van der Waals surface area contributed by atoms with E-state index in [4.69, 9.17) is 11.6 Å². The van der Waals surface area contributed by atoms with Gasteiger partial charge in [0.25, 0.3) is 0 Å². The van der Waals surface area contributed by atoms with Crippen molar-refractivity contribution in [3.63, 3.8) is 0 Å². The maximum Gasteiger partial charge on any atom is 0.127 e. The van der Waals surface area contributed by atoms with Crippen LogP contribution >= 0.6 is 11.6 Å².